The van der Waals surface area contributed by atoms with E-state index in [2.05, 4.69) is 0 Å². The molecule has 0 aromatic heterocycles. The lowest BCUT2D eigenvalue weighted by Gasteiger charge is -2.14. The van der Waals surface area contributed by atoms with E-state index in [-0.39, 0.29) is 0 Å². The van der Waals surface area contributed by atoms with E-state index in [1.165, 1.54) is 45.4 Å². The first-order chi connectivity index (χ1) is 8.15. The molecule has 2 heteroatoms. The van der Waals surface area contributed by atoms with Crippen molar-refractivity contribution in [3.05, 3.63) is 23.3 Å². The minimum atomic E-state index is -0.695. The van der Waals surface area contributed by atoms with Crippen LogP contribution in [0.5, 0.6) is 0 Å². The summed E-state index contributed by atoms with van der Waals surface area (Å²) in [6.45, 7) is 2.97. The third kappa shape index (κ3) is 5.01. The summed E-state index contributed by atoms with van der Waals surface area (Å²) in [6, 6.07) is 0. The standard InChI is InChI=1S/C15H24F2/c1-3-14(15(17)12(2)16)11-10-13-8-6-4-5-7-9-13/h3,13H,4-11H2,1-2H3/b14-3-,15-12-. The van der Waals surface area contributed by atoms with Crippen molar-refractivity contribution in [1.82, 2.24) is 0 Å². The molecule has 1 aliphatic carbocycles. The molecule has 0 saturated heterocycles. The molecule has 1 saturated carbocycles. The minimum Gasteiger partial charge on any atom is -0.209 e. The van der Waals surface area contributed by atoms with Crippen molar-refractivity contribution in [3.63, 3.8) is 0 Å². The van der Waals surface area contributed by atoms with E-state index in [1.807, 2.05) is 0 Å². The smallest absolute Gasteiger partial charge is 0.157 e. The van der Waals surface area contributed by atoms with Crippen molar-refractivity contribution in [2.75, 3.05) is 0 Å². The zero-order valence-electron chi connectivity index (χ0n) is 11.1. The summed E-state index contributed by atoms with van der Waals surface area (Å²) in [6.07, 6.45) is 11.2. The molecule has 1 fully saturated rings. The summed E-state index contributed by atoms with van der Waals surface area (Å²) in [7, 11) is 0. The first-order valence-corrected chi connectivity index (χ1v) is 6.82. The van der Waals surface area contributed by atoms with Crippen LogP contribution in [0.25, 0.3) is 0 Å². The monoisotopic (exact) mass is 242 g/mol. The molecular weight excluding hydrogens is 218 g/mol. The Morgan fingerprint density at radius 2 is 1.71 bits per heavy atom. The molecule has 98 valence electrons. The molecule has 0 amide bonds. The number of rotatable bonds is 4. The van der Waals surface area contributed by atoms with Crippen LogP contribution in [0, 0.1) is 5.92 Å². The van der Waals surface area contributed by atoms with Crippen molar-refractivity contribution in [1.29, 1.82) is 0 Å². The van der Waals surface area contributed by atoms with Gasteiger partial charge in [-0.1, -0.05) is 44.6 Å². The third-order valence-electron chi connectivity index (χ3n) is 3.73. The summed E-state index contributed by atoms with van der Waals surface area (Å²) in [5.41, 5.74) is 0.536. The average molecular weight is 242 g/mol. The summed E-state index contributed by atoms with van der Waals surface area (Å²) in [5, 5.41) is 0. The normalized spacial score (nSPS) is 21.1. The highest BCUT2D eigenvalue weighted by Crippen LogP contribution is 2.30. The zero-order chi connectivity index (χ0) is 12.7. The highest BCUT2D eigenvalue weighted by atomic mass is 19.2. The van der Waals surface area contributed by atoms with Gasteiger partial charge in [-0.15, -0.1) is 0 Å². The van der Waals surface area contributed by atoms with Crippen LogP contribution in [0.4, 0.5) is 8.78 Å². The van der Waals surface area contributed by atoms with Crippen LogP contribution in [-0.2, 0) is 0 Å². The quantitative estimate of drug-likeness (QED) is 0.428. The van der Waals surface area contributed by atoms with Crippen LogP contribution in [-0.4, -0.2) is 0 Å². The van der Waals surface area contributed by atoms with Crippen molar-refractivity contribution in [2.24, 2.45) is 5.92 Å². The van der Waals surface area contributed by atoms with Gasteiger partial charge in [-0.2, -0.15) is 0 Å². The van der Waals surface area contributed by atoms with Gasteiger partial charge in [0.1, 0.15) is 5.83 Å². The number of hydrogen-bond acceptors (Lipinski definition) is 0. The number of halogens is 2. The van der Waals surface area contributed by atoms with Crippen LogP contribution in [0.3, 0.4) is 0 Å². The van der Waals surface area contributed by atoms with Crippen LogP contribution < -0.4 is 0 Å². The summed E-state index contributed by atoms with van der Waals surface area (Å²) < 4.78 is 26.3. The number of allylic oxidation sites excluding steroid dienone is 4. The maximum absolute atomic E-state index is 13.5. The van der Waals surface area contributed by atoms with Gasteiger partial charge in [-0.05, 0) is 38.2 Å². The van der Waals surface area contributed by atoms with Gasteiger partial charge in [0.05, 0.1) is 0 Å². The fraction of sp³-hybridized carbons (Fsp3) is 0.733. The second-order valence-corrected chi connectivity index (χ2v) is 5.06. The number of hydrogen-bond donors (Lipinski definition) is 0. The minimum absolute atomic E-state index is 0.536. The van der Waals surface area contributed by atoms with Gasteiger partial charge in [0.15, 0.2) is 5.83 Å². The van der Waals surface area contributed by atoms with Crippen molar-refractivity contribution in [2.45, 2.75) is 65.2 Å². The fourth-order valence-corrected chi connectivity index (χ4v) is 2.61. The van der Waals surface area contributed by atoms with Crippen LogP contribution in [0.2, 0.25) is 0 Å². The molecule has 0 atom stereocenters. The summed E-state index contributed by atoms with van der Waals surface area (Å²) >= 11 is 0. The molecule has 0 aromatic rings. The molecule has 1 rings (SSSR count). The Balaban J connectivity index is 2.45. The van der Waals surface area contributed by atoms with E-state index >= 15 is 0 Å². The molecule has 0 unspecified atom stereocenters. The maximum atomic E-state index is 13.5. The van der Waals surface area contributed by atoms with E-state index < -0.39 is 11.7 Å². The summed E-state index contributed by atoms with van der Waals surface area (Å²) in [4.78, 5) is 0. The van der Waals surface area contributed by atoms with Crippen molar-refractivity contribution < 1.29 is 8.78 Å². The lowest BCUT2D eigenvalue weighted by Crippen LogP contribution is -2.00. The van der Waals surface area contributed by atoms with Gasteiger partial charge < -0.3 is 0 Å². The largest absolute Gasteiger partial charge is 0.209 e. The molecule has 0 aromatic carbocycles. The molecule has 17 heavy (non-hydrogen) atoms. The lowest BCUT2D eigenvalue weighted by molar-refractivity contribution is 0.423. The van der Waals surface area contributed by atoms with Crippen LogP contribution in [0.1, 0.15) is 65.2 Å². The molecule has 0 bridgehead atoms. The van der Waals surface area contributed by atoms with E-state index in [4.69, 9.17) is 0 Å². The molecule has 0 nitrogen and oxygen atoms in total. The van der Waals surface area contributed by atoms with Gasteiger partial charge in [-0.3, -0.25) is 0 Å². The third-order valence-corrected chi connectivity index (χ3v) is 3.73. The van der Waals surface area contributed by atoms with Crippen LogP contribution >= 0.6 is 0 Å². The first kappa shape index (κ1) is 14.4. The van der Waals surface area contributed by atoms with Gasteiger partial charge in [0, 0.05) is 0 Å². The van der Waals surface area contributed by atoms with E-state index in [0.717, 1.165) is 6.42 Å². The maximum Gasteiger partial charge on any atom is 0.157 e. The van der Waals surface area contributed by atoms with Gasteiger partial charge in [-0.25, -0.2) is 8.78 Å². The molecule has 0 heterocycles. The molecule has 0 spiro atoms. The Labute approximate surface area is 104 Å². The predicted octanol–water partition coefficient (Wildman–Crippen LogP) is 5.85. The van der Waals surface area contributed by atoms with E-state index in [0.29, 0.717) is 17.9 Å². The molecule has 0 radical (unpaired) electrons. The van der Waals surface area contributed by atoms with E-state index in [9.17, 15) is 8.78 Å². The zero-order valence-corrected chi connectivity index (χ0v) is 11.1. The topological polar surface area (TPSA) is 0 Å². The van der Waals surface area contributed by atoms with Crippen LogP contribution in [0.15, 0.2) is 23.3 Å². The molecule has 0 aliphatic heterocycles. The van der Waals surface area contributed by atoms with Gasteiger partial charge in [0.2, 0.25) is 0 Å². The Morgan fingerprint density at radius 3 is 2.18 bits per heavy atom. The Morgan fingerprint density at radius 1 is 1.12 bits per heavy atom. The van der Waals surface area contributed by atoms with Gasteiger partial charge >= 0.3 is 0 Å². The molecular formula is C15H24F2. The average Bonchev–Trinajstić information content (AvgIpc) is 2.58. The Bertz CT molecular complexity index is 277. The second-order valence-electron chi connectivity index (χ2n) is 5.06. The van der Waals surface area contributed by atoms with Crippen molar-refractivity contribution >= 4 is 0 Å². The van der Waals surface area contributed by atoms with E-state index in [1.54, 1.807) is 13.0 Å². The predicted molar refractivity (Wildman–Crippen MR) is 69.1 cm³/mol. The van der Waals surface area contributed by atoms with Crippen molar-refractivity contribution in [3.8, 4) is 0 Å². The lowest BCUT2D eigenvalue weighted by atomic mass is 9.92. The molecule has 1 aliphatic rings. The Kier molecular flexibility index (Phi) is 6.46. The SMILES string of the molecule is C/C=C(CCC1CCCCCC1)\C(F)=C(/C)F. The highest BCUT2D eigenvalue weighted by Gasteiger charge is 2.14. The Hall–Kier alpha value is -0.660. The summed E-state index contributed by atoms with van der Waals surface area (Å²) in [5.74, 6) is -0.639. The van der Waals surface area contributed by atoms with Gasteiger partial charge in [0.25, 0.3) is 0 Å². The highest BCUT2D eigenvalue weighted by molar-refractivity contribution is 5.26. The second kappa shape index (κ2) is 7.62. The first-order valence-electron chi connectivity index (χ1n) is 6.82. The molecule has 0 N–H and O–H groups in total. The fourth-order valence-electron chi connectivity index (χ4n) is 2.61.